The van der Waals surface area contributed by atoms with Crippen LogP contribution in [0.2, 0.25) is 0 Å². The van der Waals surface area contributed by atoms with Crippen LogP contribution in [0.15, 0.2) is 36.5 Å². The number of ether oxygens (including phenoxy) is 1. The van der Waals surface area contributed by atoms with Crippen molar-refractivity contribution in [2.75, 3.05) is 31.2 Å². The van der Waals surface area contributed by atoms with Gasteiger partial charge in [-0.1, -0.05) is 24.3 Å². The summed E-state index contributed by atoms with van der Waals surface area (Å²) >= 11 is 0. The molecule has 1 aromatic heterocycles. The van der Waals surface area contributed by atoms with E-state index in [2.05, 4.69) is 33.9 Å². The minimum Gasteiger partial charge on any atom is -0.393 e. The van der Waals surface area contributed by atoms with Crippen LogP contribution in [-0.4, -0.2) is 47.0 Å². The Labute approximate surface area is 137 Å². The molecule has 122 valence electrons. The van der Waals surface area contributed by atoms with Crippen molar-refractivity contribution in [3.05, 3.63) is 53.5 Å². The summed E-state index contributed by atoms with van der Waals surface area (Å²) in [6.07, 6.45) is 2.46. The minimum atomic E-state index is -0.594. The van der Waals surface area contributed by atoms with E-state index in [4.69, 9.17) is 4.74 Å². The zero-order valence-corrected chi connectivity index (χ0v) is 13.7. The van der Waals surface area contributed by atoms with Crippen LogP contribution in [0.4, 0.5) is 5.82 Å². The van der Waals surface area contributed by atoms with Gasteiger partial charge in [0.15, 0.2) is 0 Å². The van der Waals surface area contributed by atoms with E-state index < -0.39 is 5.60 Å². The van der Waals surface area contributed by atoms with E-state index in [1.54, 1.807) is 6.20 Å². The first-order valence-corrected chi connectivity index (χ1v) is 7.96. The number of aliphatic hydroxyl groups excluding tert-OH is 1. The molecule has 1 aromatic carbocycles. The summed E-state index contributed by atoms with van der Waals surface area (Å²) in [4.78, 5) is 10.8. The lowest BCUT2D eigenvalue weighted by atomic mass is 9.91. The van der Waals surface area contributed by atoms with E-state index in [9.17, 15) is 5.11 Å². The predicted molar refractivity (Wildman–Crippen MR) is 89.6 cm³/mol. The Bertz CT molecular complexity index is 677. The highest BCUT2D eigenvalue weighted by molar-refractivity contribution is 5.39. The van der Waals surface area contributed by atoms with Gasteiger partial charge in [-0.3, -0.25) is 0 Å². The smallest absolute Gasteiger partial charge is 0.132 e. The quantitative estimate of drug-likeness (QED) is 0.934. The lowest BCUT2D eigenvalue weighted by Crippen LogP contribution is -2.55. The number of aliphatic hydroxyl groups is 1. The Hall–Kier alpha value is -1.98. The third-order valence-corrected chi connectivity index (χ3v) is 4.40. The summed E-state index contributed by atoms with van der Waals surface area (Å²) in [6.45, 7) is 5.93. The van der Waals surface area contributed by atoms with Crippen LogP contribution < -0.4 is 4.90 Å². The van der Waals surface area contributed by atoms with Crippen LogP contribution in [0.5, 0.6) is 0 Å². The zero-order valence-electron chi connectivity index (χ0n) is 13.7. The first kappa shape index (κ1) is 15.9. The SMILES string of the molecule is Cc1nccc(N2CCO[C@@](CO)(Cc3ccccc3C)C2)n1. The van der Waals surface area contributed by atoms with Crippen molar-refractivity contribution >= 4 is 5.82 Å². The summed E-state index contributed by atoms with van der Waals surface area (Å²) in [5.41, 5.74) is 1.84. The molecule has 0 radical (unpaired) electrons. The van der Waals surface area contributed by atoms with E-state index in [1.165, 1.54) is 11.1 Å². The van der Waals surface area contributed by atoms with Gasteiger partial charge in [0.1, 0.15) is 17.2 Å². The fourth-order valence-electron chi connectivity index (χ4n) is 3.07. The van der Waals surface area contributed by atoms with Gasteiger partial charge >= 0.3 is 0 Å². The Morgan fingerprint density at radius 3 is 2.83 bits per heavy atom. The maximum Gasteiger partial charge on any atom is 0.132 e. The second-order valence-corrected chi connectivity index (χ2v) is 6.18. The molecule has 23 heavy (non-hydrogen) atoms. The third-order valence-electron chi connectivity index (χ3n) is 4.40. The van der Waals surface area contributed by atoms with Crippen molar-refractivity contribution in [1.29, 1.82) is 0 Å². The van der Waals surface area contributed by atoms with E-state index >= 15 is 0 Å². The predicted octanol–water partition coefficient (Wildman–Crippen LogP) is 1.90. The first-order valence-electron chi connectivity index (χ1n) is 7.96. The van der Waals surface area contributed by atoms with Crippen LogP contribution in [-0.2, 0) is 11.2 Å². The van der Waals surface area contributed by atoms with Crippen LogP contribution in [0.1, 0.15) is 17.0 Å². The normalized spacial score (nSPS) is 21.4. The van der Waals surface area contributed by atoms with Crippen molar-refractivity contribution in [3.63, 3.8) is 0 Å². The molecule has 2 heterocycles. The standard InChI is InChI=1S/C18H23N3O2/c1-14-5-3-4-6-16(14)11-18(13-22)12-21(9-10-23-18)17-7-8-19-15(2)20-17/h3-8,22H,9-13H2,1-2H3/t18-/m0/s1. The molecule has 1 saturated heterocycles. The van der Waals surface area contributed by atoms with Gasteiger partial charge in [-0.15, -0.1) is 0 Å². The van der Waals surface area contributed by atoms with Gasteiger partial charge < -0.3 is 14.7 Å². The lowest BCUT2D eigenvalue weighted by molar-refractivity contribution is -0.0870. The van der Waals surface area contributed by atoms with Crippen molar-refractivity contribution in [2.24, 2.45) is 0 Å². The summed E-state index contributed by atoms with van der Waals surface area (Å²) in [5, 5.41) is 10.0. The van der Waals surface area contributed by atoms with Crippen LogP contribution in [0, 0.1) is 13.8 Å². The van der Waals surface area contributed by atoms with Crippen LogP contribution in [0.3, 0.4) is 0 Å². The van der Waals surface area contributed by atoms with Gasteiger partial charge in [-0.25, -0.2) is 9.97 Å². The van der Waals surface area contributed by atoms with Gasteiger partial charge in [0.05, 0.1) is 19.8 Å². The molecule has 0 saturated carbocycles. The average Bonchev–Trinajstić information content (AvgIpc) is 2.57. The van der Waals surface area contributed by atoms with Crippen molar-refractivity contribution in [1.82, 2.24) is 9.97 Å². The second-order valence-electron chi connectivity index (χ2n) is 6.18. The molecule has 1 fully saturated rings. The number of aryl methyl sites for hydroxylation is 2. The van der Waals surface area contributed by atoms with E-state index in [-0.39, 0.29) is 6.61 Å². The molecular formula is C18H23N3O2. The maximum absolute atomic E-state index is 10.0. The number of hydrogen-bond donors (Lipinski definition) is 1. The number of nitrogens with zero attached hydrogens (tertiary/aromatic N) is 3. The van der Waals surface area contributed by atoms with Gasteiger partial charge in [-0.2, -0.15) is 0 Å². The van der Waals surface area contributed by atoms with Crippen molar-refractivity contribution in [3.8, 4) is 0 Å². The fourth-order valence-corrected chi connectivity index (χ4v) is 3.07. The lowest BCUT2D eigenvalue weighted by Gasteiger charge is -2.42. The molecule has 0 amide bonds. The Morgan fingerprint density at radius 1 is 1.26 bits per heavy atom. The van der Waals surface area contributed by atoms with Gasteiger partial charge in [-0.05, 0) is 31.0 Å². The molecule has 2 aromatic rings. The minimum absolute atomic E-state index is 0.0120. The van der Waals surface area contributed by atoms with Crippen molar-refractivity contribution < 1.29 is 9.84 Å². The summed E-state index contributed by atoms with van der Waals surface area (Å²) in [5.74, 6) is 1.64. The molecule has 0 bridgehead atoms. The van der Waals surface area contributed by atoms with Crippen LogP contribution in [0.25, 0.3) is 0 Å². The Morgan fingerprint density at radius 2 is 2.09 bits per heavy atom. The molecule has 5 heteroatoms. The largest absolute Gasteiger partial charge is 0.393 e. The molecule has 1 N–H and O–H groups in total. The number of hydrogen-bond acceptors (Lipinski definition) is 5. The molecule has 1 aliphatic heterocycles. The number of benzene rings is 1. The van der Waals surface area contributed by atoms with Crippen LogP contribution >= 0.6 is 0 Å². The summed E-state index contributed by atoms with van der Waals surface area (Å²) in [7, 11) is 0. The number of rotatable bonds is 4. The molecule has 0 spiro atoms. The molecule has 1 aliphatic rings. The second kappa shape index (κ2) is 6.64. The Kier molecular flexibility index (Phi) is 4.59. The van der Waals surface area contributed by atoms with E-state index in [0.717, 1.165) is 18.2 Å². The number of anilines is 1. The molecule has 3 rings (SSSR count). The first-order chi connectivity index (χ1) is 11.1. The number of morpholine rings is 1. The molecule has 0 unspecified atom stereocenters. The topological polar surface area (TPSA) is 58.5 Å². The fraction of sp³-hybridized carbons (Fsp3) is 0.444. The van der Waals surface area contributed by atoms with Gasteiger partial charge in [0.2, 0.25) is 0 Å². The van der Waals surface area contributed by atoms with Crippen molar-refractivity contribution in [2.45, 2.75) is 25.9 Å². The monoisotopic (exact) mass is 313 g/mol. The average molecular weight is 313 g/mol. The molecule has 1 atom stereocenters. The summed E-state index contributed by atoms with van der Waals surface area (Å²) < 4.78 is 6.02. The maximum atomic E-state index is 10.0. The highest BCUT2D eigenvalue weighted by Crippen LogP contribution is 2.26. The Balaban J connectivity index is 1.83. The van der Waals surface area contributed by atoms with E-state index in [0.29, 0.717) is 19.6 Å². The van der Waals surface area contributed by atoms with Gasteiger partial charge in [0.25, 0.3) is 0 Å². The highest BCUT2D eigenvalue weighted by Gasteiger charge is 2.37. The highest BCUT2D eigenvalue weighted by atomic mass is 16.5. The molecule has 0 aliphatic carbocycles. The molecular weight excluding hydrogens is 290 g/mol. The summed E-state index contributed by atoms with van der Waals surface area (Å²) in [6, 6.07) is 10.2. The third kappa shape index (κ3) is 3.51. The number of aromatic nitrogens is 2. The van der Waals surface area contributed by atoms with Gasteiger partial charge in [0, 0.05) is 19.2 Å². The zero-order chi connectivity index (χ0) is 16.3. The molecule has 5 nitrogen and oxygen atoms in total. The van der Waals surface area contributed by atoms with E-state index in [1.807, 2.05) is 25.1 Å².